The fraction of sp³-hybridized carbons (Fsp3) is 0.846. The Kier molecular flexibility index (Phi) is 4.22. The Labute approximate surface area is 108 Å². The van der Waals surface area contributed by atoms with Crippen LogP contribution in [0.25, 0.3) is 0 Å². The van der Waals surface area contributed by atoms with Crippen molar-refractivity contribution in [2.75, 3.05) is 13.1 Å². The van der Waals surface area contributed by atoms with Gasteiger partial charge in [0.15, 0.2) is 0 Å². The van der Waals surface area contributed by atoms with Gasteiger partial charge in [0.05, 0.1) is 6.54 Å². The summed E-state index contributed by atoms with van der Waals surface area (Å²) < 4.78 is 0. The van der Waals surface area contributed by atoms with Crippen molar-refractivity contribution in [2.45, 2.75) is 57.7 Å². The van der Waals surface area contributed by atoms with Crippen LogP contribution in [0.3, 0.4) is 0 Å². The third kappa shape index (κ3) is 3.45. The molecule has 0 radical (unpaired) electrons. The third-order valence-electron chi connectivity index (χ3n) is 3.46. The molecule has 1 saturated heterocycles. The van der Waals surface area contributed by atoms with E-state index >= 15 is 0 Å². The molecule has 1 unspecified atom stereocenters. The highest BCUT2D eigenvalue weighted by Gasteiger charge is 2.36. The van der Waals surface area contributed by atoms with Crippen LogP contribution in [-0.4, -0.2) is 47.9 Å². The van der Waals surface area contributed by atoms with E-state index in [1.165, 1.54) is 0 Å². The van der Waals surface area contributed by atoms with Crippen LogP contribution in [0.2, 0.25) is 0 Å². The van der Waals surface area contributed by atoms with Crippen LogP contribution < -0.4 is 10.6 Å². The molecule has 102 valence electrons. The van der Waals surface area contributed by atoms with E-state index < -0.39 is 0 Å². The monoisotopic (exact) mass is 253 g/mol. The van der Waals surface area contributed by atoms with E-state index in [9.17, 15) is 9.59 Å². The fourth-order valence-electron chi connectivity index (χ4n) is 2.26. The lowest BCUT2D eigenvalue weighted by molar-refractivity contribution is -0.137. The van der Waals surface area contributed by atoms with E-state index in [0.717, 1.165) is 25.7 Å². The minimum Gasteiger partial charge on any atom is -0.352 e. The van der Waals surface area contributed by atoms with Gasteiger partial charge in [0.1, 0.15) is 6.04 Å². The molecular weight excluding hydrogens is 230 g/mol. The molecule has 1 atom stereocenters. The molecule has 0 bridgehead atoms. The predicted octanol–water partition coefficient (Wildman–Crippen LogP) is 0.254. The molecule has 0 aromatic heterocycles. The zero-order valence-electron chi connectivity index (χ0n) is 11.2. The number of rotatable bonds is 5. The molecule has 1 aliphatic carbocycles. The molecule has 1 heterocycles. The van der Waals surface area contributed by atoms with Gasteiger partial charge in [0, 0.05) is 18.6 Å². The maximum atomic E-state index is 12.0. The van der Waals surface area contributed by atoms with Crippen LogP contribution in [0.1, 0.15) is 39.5 Å². The van der Waals surface area contributed by atoms with E-state index in [0.29, 0.717) is 19.1 Å². The summed E-state index contributed by atoms with van der Waals surface area (Å²) in [5, 5.41) is 6.10. The lowest BCUT2D eigenvalue weighted by Crippen LogP contribution is -2.49. The molecule has 18 heavy (non-hydrogen) atoms. The third-order valence-corrected chi connectivity index (χ3v) is 3.46. The van der Waals surface area contributed by atoms with Gasteiger partial charge in [-0.1, -0.05) is 13.8 Å². The van der Waals surface area contributed by atoms with Crippen LogP contribution in [-0.2, 0) is 9.59 Å². The average Bonchev–Trinajstić information content (AvgIpc) is 2.98. The molecule has 5 nitrogen and oxygen atoms in total. The highest BCUT2D eigenvalue weighted by molar-refractivity contribution is 5.89. The van der Waals surface area contributed by atoms with Crippen molar-refractivity contribution in [3.63, 3.8) is 0 Å². The molecular formula is C13H23N3O2. The average molecular weight is 253 g/mol. The molecule has 0 spiro atoms. The molecule has 0 aromatic rings. The standard InChI is InChI=1S/C13H23N3O2/c1-9(2)14-8-12(17)16-7-3-4-11(16)13(18)15-10-5-6-10/h9-11,14H,3-8H2,1-2H3,(H,15,18). The first kappa shape index (κ1) is 13.3. The first-order valence-corrected chi connectivity index (χ1v) is 6.91. The topological polar surface area (TPSA) is 61.4 Å². The van der Waals surface area contributed by atoms with Crippen LogP contribution in [0.4, 0.5) is 0 Å². The zero-order valence-corrected chi connectivity index (χ0v) is 11.2. The summed E-state index contributed by atoms with van der Waals surface area (Å²) in [6.07, 6.45) is 3.89. The first-order chi connectivity index (χ1) is 8.58. The van der Waals surface area contributed by atoms with E-state index in [4.69, 9.17) is 0 Å². The van der Waals surface area contributed by atoms with Gasteiger partial charge in [-0.05, 0) is 25.7 Å². The molecule has 2 rings (SSSR count). The van der Waals surface area contributed by atoms with Gasteiger partial charge in [-0.15, -0.1) is 0 Å². The zero-order chi connectivity index (χ0) is 13.1. The lowest BCUT2D eigenvalue weighted by Gasteiger charge is -2.24. The minimum absolute atomic E-state index is 0.0351. The SMILES string of the molecule is CC(C)NCC(=O)N1CCCC1C(=O)NC1CC1. The Morgan fingerprint density at radius 1 is 1.28 bits per heavy atom. The predicted molar refractivity (Wildman–Crippen MR) is 69.0 cm³/mol. The second-order valence-corrected chi connectivity index (χ2v) is 5.56. The summed E-state index contributed by atoms with van der Waals surface area (Å²) in [6, 6.07) is 0.409. The summed E-state index contributed by atoms with van der Waals surface area (Å²) in [6.45, 7) is 5.05. The van der Waals surface area contributed by atoms with Crippen molar-refractivity contribution < 1.29 is 9.59 Å². The van der Waals surface area contributed by atoms with Gasteiger partial charge < -0.3 is 15.5 Å². The Morgan fingerprint density at radius 3 is 2.61 bits per heavy atom. The summed E-state index contributed by atoms with van der Waals surface area (Å²) in [7, 11) is 0. The van der Waals surface area contributed by atoms with Crippen molar-refractivity contribution in [3.05, 3.63) is 0 Å². The number of nitrogens with one attached hydrogen (secondary N) is 2. The van der Waals surface area contributed by atoms with Crippen molar-refractivity contribution in [1.29, 1.82) is 0 Å². The normalized spacial score (nSPS) is 23.5. The van der Waals surface area contributed by atoms with Gasteiger partial charge in [0.2, 0.25) is 11.8 Å². The quantitative estimate of drug-likeness (QED) is 0.738. The van der Waals surface area contributed by atoms with Crippen molar-refractivity contribution in [1.82, 2.24) is 15.5 Å². The van der Waals surface area contributed by atoms with Gasteiger partial charge in [-0.2, -0.15) is 0 Å². The second kappa shape index (κ2) is 5.69. The van der Waals surface area contributed by atoms with Crippen LogP contribution in [0, 0.1) is 0 Å². The Bertz CT molecular complexity index is 326. The number of amides is 2. The number of hydrogen-bond acceptors (Lipinski definition) is 3. The van der Waals surface area contributed by atoms with Crippen molar-refractivity contribution in [2.24, 2.45) is 0 Å². The molecule has 1 saturated carbocycles. The Hall–Kier alpha value is -1.10. The molecule has 2 amide bonds. The number of likely N-dealkylation sites (tertiary alicyclic amines) is 1. The van der Waals surface area contributed by atoms with E-state index in [-0.39, 0.29) is 23.9 Å². The molecule has 2 fully saturated rings. The summed E-state index contributed by atoms with van der Waals surface area (Å²) >= 11 is 0. The maximum absolute atomic E-state index is 12.0. The second-order valence-electron chi connectivity index (χ2n) is 5.56. The summed E-state index contributed by atoms with van der Waals surface area (Å²) in [5.74, 6) is 0.0741. The van der Waals surface area contributed by atoms with Crippen molar-refractivity contribution in [3.8, 4) is 0 Å². The largest absolute Gasteiger partial charge is 0.352 e. The number of carbonyl (C=O) groups is 2. The van der Waals surface area contributed by atoms with E-state index in [1.54, 1.807) is 4.90 Å². The maximum Gasteiger partial charge on any atom is 0.243 e. The number of carbonyl (C=O) groups excluding carboxylic acids is 2. The molecule has 2 N–H and O–H groups in total. The number of hydrogen-bond donors (Lipinski definition) is 2. The smallest absolute Gasteiger partial charge is 0.243 e. The highest BCUT2D eigenvalue weighted by Crippen LogP contribution is 2.22. The van der Waals surface area contributed by atoms with E-state index in [2.05, 4.69) is 10.6 Å². The first-order valence-electron chi connectivity index (χ1n) is 6.91. The van der Waals surface area contributed by atoms with Crippen LogP contribution >= 0.6 is 0 Å². The summed E-state index contributed by atoms with van der Waals surface area (Å²) in [5.41, 5.74) is 0. The fourth-order valence-corrected chi connectivity index (χ4v) is 2.26. The molecule has 1 aliphatic heterocycles. The van der Waals surface area contributed by atoms with Gasteiger partial charge >= 0.3 is 0 Å². The minimum atomic E-state index is -0.243. The lowest BCUT2D eigenvalue weighted by atomic mass is 10.2. The van der Waals surface area contributed by atoms with Gasteiger partial charge in [0.25, 0.3) is 0 Å². The summed E-state index contributed by atoms with van der Waals surface area (Å²) in [4.78, 5) is 25.8. The Morgan fingerprint density at radius 2 is 2.00 bits per heavy atom. The van der Waals surface area contributed by atoms with Crippen LogP contribution in [0.15, 0.2) is 0 Å². The van der Waals surface area contributed by atoms with Gasteiger partial charge in [-0.3, -0.25) is 9.59 Å². The Balaban J connectivity index is 1.85. The number of nitrogens with zero attached hydrogens (tertiary/aromatic N) is 1. The molecule has 0 aromatic carbocycles. The van der Waals surface area contributed by atoms with Crippen molar-refractivity contribution >= 4 is 11.8 Å². The van der Waals surface area contributed by atoms with Crippen LogP contribution in [0.5, 0.6) is 0 Å². The van der Waals surface area contributed by atoms with Gasteiger partial charge in [-0.25, -0.2) is 0 Å². The highest BCUT2D eigenvalue weighted by atomic mass is 16.2. The van der Waals surface area contributed by atoms with E-state index in [1.807, 2.05) is 13.8 Å². The molecule has 2 aliphatic rings. The molecule has 5 heteroatoms.